The van der Waals surface area contributed by atoms with Crippen LogP contribution >= 0.6 is 0 Å². The number of aryl methyl sites for hydroxylation is 2. The largest absolute Gasteiger partial charge is 0.623 e. The van der Waals surface area contributed by atoms with Gasteiger partial charge in [-0.25, -0.2) is 0 Å². The molecular weight excluding hydrogens is 298 g/mol. The van der Waals surface area contributed by atoms with Gasteiger partial charge in [-0.15, -0.1) is 0 Å². The van der Waals surface area contributed by atoms with Crippen molar-refractivity contribution in [3.8, 4) is 0 Å². The number of anilines is 2. The Balaban J connectivity index is 1.71. The van der Waals surface area contributed by atoms with Crippen LogP contribution < -0.4 is 15.9 Å². The number of hydrogen-bond acceptors (Lipinski definition) is 3. The summed E-state index contributed by atoms with van der Waals surface area (Å²) in [6.45, 7) is 4.06. The first-order valence-corrected chi connectivity index (χ1v) is 7.92. The molecule has 3 aromatic carbocycles. The first-order valence-electron chi connectivity index (χ1n) is 7.92. The molecular formula is C20H21N3O. The van der Waals surface area contributed by atoms with Crippen LogP contribution in [0.1, 0.15) is 11.1 Å². The van der Waals surface area contributed by atoms with E-state index in [0.29, 0.717) is 11.4 Å². The third-order valence-electron chi connectivity index (χ3n) is 3.84. The first kappa shape index (κ1) is 16.1. The van der Waals surface area contributed by atoms with E-state index in [2.05, 4.69) is 17.8 Å². The molecule has 3 aromatic rings. The molecule has 24 heavy (non-hydrogen) atoms. The van der Waals surface area contributed by atoms with Crippen LogP contribution in [-0.4, -0.2) is 0 Å². The summed E-state index contributed by atoms with van der Waals surface area (Å²) in [5.74, 6) is 0. The molecule has 0 aliphatic carbocycles. The highest BCUT2D eigenvalue weighted by molar-refractivity contribution is 5.57. The van der Waals surface area contributed by atoms with Crippen molar-refractivity contribution in [1.29, 1.82) is 0 Å². The molecule has 3 rings (SSSR count). The van der Waals surface area contributed by atoms with Gasteiger partial charge in [-0.1, -0.05) is 41.5 Å². The second kappa shape index (κ2) is 7.17. The predicted octanol–water partition coefficient (Wildman–Crippen LogP) is 4.09. The Kier molecular flexibility index (Phi) is 4.79. The average Bonchev–Trinajstić information content (AvgIpc) is 2.61. The molecule has 0 aliphatic heterocycles. The van der Waals surface area contributed by atoms with Crippen molar-refractivity contribution in [3.05, 3.63) is 89.1 Å². The predicted molar refractivity (Wildman–Crippen MR) is 99.7 cm³/mol. The molecule has 4 nitrogen and oxygen atoms in total. The summed E-state index contributed by atoms with van der Waals surface area (Å²) in [6.07, 6.45) is 0. The molecule has 122 valence electrons. The Morgan fingerprint density at radius 3 is 1.92 bits per heavy atom. The van der Waals surface area contributed by atoms with Crippen LogP contribution in [0.15, 0.2) is 72.8 Å². The molecule has 0 heterocycles. The Morgan fingerprint density at radius 2 is 1.25 bits per heavy atom. The number of quaternary nitrogens is 1. The van der Waals surface area contributed by atoms with Crippen molar-refractivity contribution < 1.29 is 5.06 Å². The maximum Gasteiger partial charge on any atom is 0.138 e. The molecule has 0 bridgehead atoms. The van der Waals surface area contributed by atoms with Crippen LogP contribution in [0.25, 0.3) is 0 Å². The van der Waals surface area contributed by atoms with Crippen molar-refractivity contribution in [3.63, 3.8) is 0 Å². The van der Waals surface area contributed by atoms with Crippen LogP contribution in [0.4, 0.5) is 22.7 Å². The maximum absolute atomic E-state index is 12.6. The summed E-state index contributed by atoms with van der Waals surface area (Å²) < 4.78 is 0. The minimum atomic E-state index is 0.0222. The van der Waals surface area contributed by atoms with Crippen molar-refractivity contribution >= 4 is 22.7 Å². The molecule has 0 fully saturated rings. The molecule has 1 unspecified atom stereocenters. The fourth-order valence-electron chi connectivity index (χ4n) is 2.39. The van der Waals surface area contributed by atoms with E-state index in [9.17, 15) is 5.21 Å². The van der Waals surface area contributed by atoms with Gasteiger partial charge in [-0.3, -0.25) is 0 Å². The number of benzene rings is 3. The fourth-order valence-corrected chi connectivity index (χ4v) is 2.39. The monoisotopic (exact) mass is 319 g/mol. The van der Waals surface area contributed by atoms with E-state index in [1.165, 1.54) is 5.56 Å². The number of nitrogens with one attached hydrogen (secondary N) is 3. The topological polar surface area (TPSA) is 51.6 Å². The zero-order valence-electron chi connectivity index (χ0n) is 13.8. The van der Waals surface area contributed by atoms with Crippen LogP contribution in [0.2, 0.25) is 0 Å². The van der Waals surface area contributed by atoms with Gasteiger partial charge in [0.05, 0.1) is 11.4 Å². The summed E-state index contributed by atoms with van der Waals surface area (Å²) in [7, 11) is 0. The lowest BCUT2D eigenvalue weighted by atomic mass is 10.2. The van der Waals surface area contributed by atoms with Crippen LogP contribution in [0, 0.1) is 19.1 Å². The SMILES string of the molecule is Cc1ccc(NNc2cccc([NH+]([O-])c3ccc(C)cc3)c2)cc1. The van der Waals surface area contributed by atoms with Gasteiger partial charge in [0.2, 0.25) is 0 Å². The van der Waals surface area contributed by atoms with E-state index in [1.807, 2.05) is 79.7 Å². The summed E-state index contributed by atoms with van der Waals surface area (Å²) in [5.41, 5.74) is 11.8. The van der Waals surface area contributed by atoms with E-state index in [1.54, 1.807) is 0 Å². The minimum absolute atomic E-state index is 0.0222. The second-order valence-corrected chi connectivity index (χ2v) is 5.89. The van der Waals surface area contributed by atoms with Crippen LogP contribution in [0.3, 0.4) is 0 Å². The summed E-state index contributed by atoms with van der Waals surface area (Å²) in [6, 6.07) is 23.2. The third kappa shape index (κ3) is 3.93. The third-order valence-corrected chi connectivity index (χ3v) is 3.84. The second-order valence-electron chi connectivity index (χ2n) is 5.89. The lowest BCUT2D eigenvalue weighted by Gasteiger charge is -2.22. The Morgan fingerprint density at radius 1 is 0.667 bits per heavy atom. The van der Waals surface area contributed by atoms with E-state index >= 15 is 0 Å². The summed E-state index contributed by atoms with van der Waals surface area (Å²) in [5, 5.41) is 12.6. The number of hydrogen-bond donors (Lipinski definition) is 3. The normalized spacial score (nSPS) is 11.8. The number of hydrazine groups is 1. The standard InChI is InChI=1S/C20H21N3O/c1-15-6-10-17(11-7-15)21-22-18-4-3-5-20(14-18)23(24)19-12-8-16(2)9-13-19/h3-14,21-23H,1-2H3. The molecule has 0 saturated carbocycles. The van der Waals surface area contributed by atoms with Gasteiger partial charge < -0.3 is 21.1 Å². The molecule has 0 amide bonds. The van der Waals surface area contributed by atoms with Crippen molar-refractivity contribution in [1.82, 2.24) is 0 Å². The molecule has 0 aromatic heterocycles. The zero-order chi connectivity index (χ0) is 16.9. The minimum Gasteiger partial charge on any atom is -0.623 e. The Hall–Kier alpha value is -2.82. The Bertz CT molecular complexity index is 798. The molecule has 3 N–H and O–H groups in total. The maximum atomic E-state index is 12.6. The fraction of sp³-hybridized carbons (Fsp3) is 0.100. The van der Waals surface area contributed by atoms with Gasteiger partial charge in [0.25, 0.3) is 0 Å². The van der Waals surface area contributed by atoms with Crippen LogP contribution in [0.5, 0.6) is 0 Å². The number of rotatable bonds is 5. The summed E-state index contributed by atoms with van der Waals surface area (Å²) >= 11 is 0. The van der Waals surface area contributed by atoms with Gasteiger partial charge in [-0.2, -0.15) is 0 Å². The lowest BCUT2D eigenvalue weighted by molar-refractivity contribution is -0.698. The van der Waals surface area contributed by atoms with E-state index in [4.69, 9.17) is 0 Å². The molecule has 0 spiro atoms. The van der Waals surface area contributed by atoms with Gasteiger partial charge in [-0.05, 0) is 38.1 Å². The van der Waals surface area contributed by atoms with E-state index in [0.717, 1.165) is 16.9 Å². The van der Waals surface area contributed by atoms with E-state index in [-0.39, 0.29) is 5.06 Å². The highest BCUT2D eigenvalue weighted by Crippen LogP contribution is 2.16. The quantitative estimate of drug-likeness (QED) is 0.621. The summed E-state index contributed by atoms with van der Waals surface area (Å²) in [4.78, 5) is 0. The van der Waals surface area contributed by atoms with Gasteiger partial charge in [0.15, 0.2) is 0 Å². The van der Waals surface area contributed by atoms with Gasteiger partial charge in [0.1, 0.15) is 11.4 Å². The molecule has 1 atom stereocenters. The molecule has 4 heteroatoms. The molecule has 0 saturated heterocycles. The van der Waals surface area contributed by atoms with Gasteiger partial charge >= 0.3 is 0 Å². The molecule has 0 radical (unpaired) electrons. The lowest BCUT2D eigenvalue weighted by Crippen LogP contribution is -2.96. The van der Waals surface area contributed by atoms with Gasteiger partial charge in [0, 0.05) is 18.2 Å². The highest BCUT2D eigenvalue weighted by atomic mass is 16.5. The smallest absolute Gasteiger partial charge is 0.138 e. The van der Waals surface area contributed by atoms with Crippen molar-refractivity contribution in [2.24, 2.45) is 0 Å². The first-order chi connectivity index (χ1) is 11.6. The Labute approximate surface area is 142 Å². The average molecular weight is 319 g/mol. The highest BCUT2D eigenvalue weighted by Gasteiger charge is 2.07. The van der Waals surface area contributed by atoms with Crippen LogP contribution in [-0.2, 0) is 0 Å². The van der Waals surface area contributed by atoms with Crippen molar-refractivity contribution in [2.45, 2.75) is 13.8 Å². The van der Waals surface area contributed by atoms with Crippen molar-refractivity contribution in [2.75, 3.05) is 10.9 Å². The van der Waals surface area contributed by atoms with E-state index < -0.39 is 0 Å². The molecule has 0 aliphatic rings. The zero-order valence-corrected chi connectivity index (χ0v) is 13.8.